The third-order valence-corrected chi connectivity index (χ3v) is 6.18. The molecule has 1 aliphatic rings. The molecule has 1 saturated heterocycles. The number of aliphatic imine (C=N–C) groups is 1. The van der Waals surface area contributed by atoms with Gasteiger partial charge < -0.3 is 28.6 Å². The predicted molar refractivity (Wildman–Crippen MR) is 140 cm³/mol. The molecule has 12 nitrogen and oxygen atoms in total. The molecular weight excluding hydrogens is 504 g/mol. The predicted octanol–water partition coefficient (Wildman–Crippen LogP) is 3.58. The van der Waals surface area contributed by atoms with Crippen LogP contribution in [0, 0.1) is 11.3 Å². The molecule has 0 radical (unpaired) electrons. The molecule has 3 aromatic rings. The Balaban J connectivity index is 1.58. The van der Waals surface area contributed by atoms with Gasteiger partial charge in [-0.25, -0.2) is 19.3 Å². The smallest absolute Gasteiger partial charge is 0.432 e. The lowest BCUT2D eigenvalue weighted by Crippen LogP contribution is -2.43. The number of hydrogen-bond donors (Lipinski definition) is 0. The number of nitriles is 1. The molecule has 1 aromatic carbocycles. The molecule has 3 heterocycles. The minimum atomic E-state index is -1.60. The number of carbonyl (C=O) groups is 1. The molecule has 0 N–H and O–H groups in total. The fourth-order valence-corrected chi connectivity index (χ4v) is 4.19. The zero-order valence-corrected chi connectivity index (χ0v) is 22.6. The molecule has 12 heteroatoms. The Bertz CT molecular complexity index is 1350. The molecule has 0 saturated carbocycles. The van der Waals surface area contributed by atoms with Crippen LogP contribution in [-0.2, 0) is 35.9 Å². The van der Waals surface area contributed by atoms with Crippen molar-refractivity contribution in [1.82, 2.24) is 19.5 Å². The van der Waals surface area contributed by atoms with Gasteiger partial charge in [0.2, 0.25) is 5.60 Å². The summed E-state index contributed by atoms with van der Waals surface area (Å²) in [5.74, 6) is -0.601. The van der Waals surface area contributed by atoms with Gasteiger partial charge in [-0.3, -0.25) is 0 Å². The molecule has 0 aliphatic carbocycles. The number of fused-ring (bicyclic) bond motifs is 1. The van der Waals surface area contributed by atoms with E-state index in [1.807, 2.05) is 44.4 Å². The molecule has 3 atom stereocenters. The first-order chi connectivity index (χ1) is 18.7. The molecule has 39 heavy (non-hydrogen) atoms. The van der Waals surface area contributed by atoms with E-state index in [-0.39, 0.29) is 19.6 Å². The summed E-state index contributed by atoms with van der Waals surface area (Å²) in [6.07, 6.45) is 0.945. The summed E-state index contributed by atoms with van der Waals surface area (Å²) < 4.78 is 30.1. The Morgan fingerprint density at radius 1 is 1.28 bits per heavy atom. The molecule has 0 amide bonds. The van der Waals surface area contributed by atoms with Gasteiger partial charge in [-0.05, 0) is 31.5 Å². The van der Waals surface area contributed by atoms with Gasteiger partial charge in [-0.2, -0.15) is 10.4 Å². The average Bonchev–Trinajstić information content (AvgIpc) is 3.52. The monoisotopic (exact) mass is 536 g/mol. The second-order valence-electron chi connectivity index (χ2n) is 9.68. The third kappa shape index (κ3) is 6.34. The van der Waals surface area contributed by atoms with Crippen molar-refractivity contribution in [3.05, 3.63) is 60.0 Å². The SMILES string of the molecule is COC(C)(C)O[C@@H]1C[C@@H](COC(=O)OCc2ccccc2)O[C@@]1(C#N)c1ccc2c(N=CN(C)C)ncnn12. The van der Waals surface area contributed by atoms with Crippen LogP contribution in [0.2, 0.25) is 0 Å². The molecule has 4 rings (SSSR count). The van der Waals surface area contributed by atoms with Gasteiger partial charge in [0.1, 0.15) is 37.2 Å². The van der Waals surface area contributed by atoms with Crippen LogP contribution in [0.4, 0.5) is 10.6 Å². The van der Waals surface area contributed by atoms with Crippen LogP contribution >= 0.6 is 0 Å². The Morgan fingerprint density at radius 2 is 2.05 bits per heavy atom. The van der Waals surface area contributed by atoms with E-state index in [1.165, 1.54) is 13.4 Å². The molecule has 206 valence electrons. The Hall–Kier alpha value is -4.05. The highest BCUT2D eigenvalue weighted by Crippen LogP contribution is 2.43. The van der Waals surface area contributed by atoms with Crippen LogP contribution in [0.15, 0.2) is 53.8 Å². The molecule has 0 unspecified atom stereocenters. The fraction of sp³-hybridized carbons (Fsp3) is 0.444. The number of rotatable bonds is 10. The minimum absolute atomic E-state index is 0.0790. The number of carbonyl (C=O) groups excluding carboxylic acids is 1. The van der Waals surface area contributed by atoms with Gasteiger partial charge in [0.15, 0.2) is 11.6 Å². The van der Waals surface area contributed by atoms with E-state index < -0.39 is 29.8 Å². The van der Waals surface area contributed by atoms with Crippen LogP contribution in [0.3, 0.4) is 0 Å². The normalized spacial score (nSPS) is 21.2. The van der Waals surface area contributed by atoms with E-state index in [0.717, 1.165) is 5.56 Å². The summed E-state index contributed by atoms with van der Waals surface area (Å²) in [5.41, 5.74) is 0.246. The quantitative estimate of drug-likeness (QED) is 0.164. The lowest BCUT2D eigenvalue weighted by Gasteiger charge is -2.33. The van der Waals surface area contributed by atoms with Crippen molar-refractivity contribution in [2.24, 2.45) is 4.99 Å². The second-order valence-corrected chi connectivity index (χ2v) is 9.68. The van der Waals surface area contributed by atoms with Crippen LogP contribution in [0.1, 0.15) is 31.5 Å². The van der Waals surface area contributed by atoms with Crippen molar-refractivity contribution >= 4 is 23.8 Å². The van der Waals surface area contributed by atoms with E-state index in [9.17, 15) is 10.1 Å². The summed E-state index contributed by atoms with van der Waals surface area (Å²) in [5, 5.41) is 14.9. The van der Waals surface area contributed by atoms with Crippen LogP contribution in [0.5, 0.6) is 0 Å². The van der Waals surface area contributed by atoms with Crippen molar-refractivity contribution in [3.8, 4) is 6.07 Å². The summed E-state index contributed by atoms with van der Waals surface area (Å²) in [4.78, 5) is 22.7. The first-order valence-electron chi connectivity index (χ1n) is 12.4. The number of benzene rings is 1. The maximum Gasteiger partial charge on any atom is 0.508 e. The molecule has 0 bridgehead atoms. The Kier molecular flexibility index (Phi) is 8.44. The van der Waals surface area contributed by atoms with E-state index >= 15 is 0 Å². The van der Waals surface area contributed by atoms with Gasteiger partial charge in [0, 0.05) is 27.6 Å². The number of aromatic nitrogens is 3. The van der Waals surface area contributed by atoms with Crippen LogP contribution < -0.4 is 0 Å². The zero-order chi connectivity index (χ0) is 28.0. The Labute approximate surface area is 226 Å². The highest BCUT2D eigenvalue weighted by molar-refractivity contribution is 5.71. The standard InChI is InChI=1S/C27H32N6O6/c1-26(2,35-5)39-23-13-20(15-37-25(34)36-14-19-9-7-6-8-10-19)38-27(23,16-28)22-12-11-21-24(30-18-32(3)4)29-17-31-33(21)22/h6-12,17-18,20,23H,13-15H2,1-5H3/t20-,23+,27-/m0/s1. The molecule has 0 spiro atoms. The van der Waals surface area contributed by atoms with Crippen molar-refractivity contribution in [1.29, 1.82) is 5.26 Å². The number of hydrogen-bond acceptors (Lipinski definition) is 10. The summed E-state index contributed by atoms with van der Waals surface area (Å²) in [7, 11) is 5.21. The van der Waals surface area contributed by atoms with Crippen molar-refractivity contribution in [2.75, 3.05) is 27.8 Å². The number of ether oxygens (including phenoxy) is 5. The first kappa shape index (κ1) is 28.0. The summed E-state index contributed by atoms with van der Waals surface area (Å²) >= 11 is 0. The lowest BCUT2D eigenvalue weighted by molar-refractivity contribution is -0.241. The molecule has 1 fully saturated rings. The highest BCUT2D eigenvalue weighted by atomic mass is 16.7. The van der Waals surface area contributed by atoms with E-state index in [0.29, 0.717) is 17.0 Å². The van der Waals surface area contributed by atoms with E-state index in [2.05, 4.69) is 21.1 Å². The number of nitrogens with zero attached hydrogens (tertiary/aromatic N) is 6. The Morgan fingerprint density at radius 3 is 2.74 bits per heavy atom. The topological polar surface area (TPSA) is 133 Å². The van der Waals surface area contributed by atoms with Crippen molar-refractivity contribution in [3.63, 3.8) is 0 Å². The molecule has 2 aromatic heterocycles. The van der Waals surface area contributed by atoms with E-state index in [1.54, 1.807) is 41.7 Å². The zero-order valence-electron chi connectivity index (χ0n) is 22.6. The van der Waals surface area contributed by atoms with Crippen LogP contribution in [0.25, 0.3) is 5.52 Å². The largest absolute Gasteiger partial charge is 0.508 e. The van der Waals surface area contributed by atoms with Gasteiger partial charge in [0.05, 0.1) is 18.1 Å². The highest BCUT2D eigenvalue weighted by Gasteiger charge is 2.55. The van der Waals surface area contributed by atoms with Crippen molar-refractivity contribution < 1.29 is 28.5 Å². The second kappa shape index (κ2) is 11.8. The number of methoxy groups -OCH3 is 1. The van der Waals surface area contributed by atoms with Gasteiger partial charge in [-0.15, -0.1) is 0 Å². The lowest BCUT2D eigenvalue weighted by atomic mass is 9.93. The fourth-order valence-electron chi connectivity index (χ4n) is 4.19. The van der Waals surface area contributed by atoms with E-state index in [4.69, 9.17) is 23.7 Å². The van der Waals surface area contributed by atoms with Gasteiger partial charge >= 0.3 is 6.16 Å². The maximum absolute atomic E-state index is 12.3. The van der Waals surface area contributed by atoms with Crippen molar-refractivity contribution in [2.45, 2.75) is 50.5 Å². The third-order valence-electron chi connectivity index (χ3n) is 6.18. The van der Waals surface area contributed by atoms with Gasteiger partial charge in [0.25, 0.3) is 0 Å². The maximum atomic E-state index is 12.3. The van der Waals surface area contributed by atoms with Crippen LogP contribution in [-0.4, -0.2) is 77.8 Å². The minimum Gasteiger partial charge on any atom is -0.432 e. The van der Waals surface area contributed by atoms with Gasteiger partial charge in [-0.1, -0.05) is 30.3 Å². The molecular formula is C27H32N6O6. The average molecular weight is 537 g/mol. The summed E-state index contributed by atoms with van der Waals surface area (Å²) in [6.45, 7) is 3.43. The first-order valence-corrected chi connectivity index (χ1v) is 12.4. The molecule has 1 aliphatic heterocycles. The summed E-state index contributed by atoms with van der Waals surface area (Å²) in [6, 6.07) is 15.1.